The maximum atomic E-state index is 11.6. The van der Waals surface area contributed by atoms with Gasteiger partial charge >= 0.3 is 0 Å². The van der Waals surface area contributed by atoms with Crippen molar-refractivity contribution in [3.05, 3.63) is 84.3 Å². The maximum absolute atomic E-state index is 11.6. The van der Waals surface area contributed by atoms with Gasteiger partial charge in [-0.05, 0) is 42.0 Å². The minimum Gasteiger partial charge on any atom is -0.486 e. The summed E-state index contributed by atoms with van der Waals surface area (Å²) in [4.78, 5) is 23.8. The Morgan fingerprint density at radius 1 is 1.09 bits per heavy atom. The first-order valence-corrected chi connectivity index (χ1v) is 11.3. The molecule has 0 aliphatic carbocycles. The fraction of sp³-hybridized carbons (Fsp3) is 0.160. The summed E-state index contributed by atoms with van der Waals surface area (Å²) in [5.41, 5.74) is 4.04. The molecule has 1 N–H and O–H groups in total. The summed E-state index contributed by atoms with van der Waals surface area (Å²) in [6, 6.07) is 22.1. The monoisotopic (exact) mass is 442 g/mol. The van der Waals surface area contributed by atoms with Crippen molar-refractivity contribution in [2.75, 3.05) is 23.0 Å². The summed E-state index contributed by atoms with van der Waals surface area (Å²) in [6.45, 7) is 1.05. The fourth-order valence-corrected chi connectivity index (χ4v) is 4.46. The van der Waals surface area contributed by atoms with Crippen LogP contribution in [0, 0.1) is 0 Å². The van der Waals surface area contributed by atoms with Gasteiger partial charge in [-0.1, -0.05) is 30.3 Å². The summed E-state index contributed by atoms with van der Waals surface area (Å²) in [5, 5.41) is 3.93. The molecule has 5 rings (SSSR count). The molecule has 0 radical (unpaired) electrons. The van der Waals surface area contributed by atoms with Crippen molar-refractivity contribution in [3.63, 3.8) is 0 Å². The molecule has 0 unspecified atom stereocenters. The number of nitrogens with zero attached hydrogens (tertiary/aromatic N) is 3. The Kier molecular flexibility index (Phi) is 5.64. The zero-order valence-electron chi connectivity index (χ0n) is 17.6. The van der Waals surface area contributed by atoms with Crippen molar-refractivity contribution >= 4 is 39.9 Å². The molecule has 0 bridgehead atoms. The van der Waals surface area contributed by atoms with E-state index in [2.05, 4.69) is 39.4 Å². The van der Waals surface area contributed by atoms with Crippen LogP contribution in [0.4, 0.5) is 11.4 Å². The Labute approximate surface area is 190 Å². The van der Waals surface area contributed by atoms with Gasteiger partial charge in [0.05, 0.1) is 17.0 Å². The largest absolute Gasteiger partial charge is 0.486 e. The number of rotatable bonds is 6. The number of ether oxygens (including phenoxy) is 1. The highest BCUT2D eigenvalue weighted by molar-refractivity contribution is 8.00. The van der Waals surface area contributed by atoms with Crippen LogP contribution >= 0.6 is 11.8 Å². The van der Waals surface area contributed by atoms with Crippen LogP contribution in [-0.2, 0) is 17.9 Å². The Morgan fingerprint density at radius 3 is 2.94 bits per heavy atom. The van der Waals surface area contributed by atoms with Gasteiger partial charge in [-0.2, -0.15) is 0 Å². The number of nitrogens with one attached hydrogen (secondary N) is 1. The molecule has 0 saturated carbocycles. The normalized spacial score (nSPS) is 12.8. The van der Waals surface area contributed by atoms with Crippen LogP contribution in [0.25, 0.3) is 10.9 Å². The van der Waals surface area contributed by atoms with Gasteiger partial charge in [0.15, 0.2) is 5.82 Å². The smallest absolute Gasteiger partial charge is 0.234 e. The number of carbonyl (C=O) groups excluding carboxylic acids is 1. The second-order valence-corrected chi connectivity index (χ2v) is 8.67. The van der Waals surface area contributed by atoms with Crippen molar-refractivity contribution in [2.24, 2.45) is 0 Å². The van der Waals surface area contributed by atoms with Gasteiger partial charge in [-0.15, -0.1) is 11.8 Å². The molecule has 0 atom stereocenters. The minimum atomic E-state index is 0.0505. The molecular weight excluding hydrogens is 420 g/mol. The maximum Gasteiger partial charge on any atom is 0.234 e. The van der Waals surface area contributed by atoms with E-state index in [1.807, 2.05) is 60.8 Å². The molecule has 1 aliphatic heterocycles. The predicted molar refractivity (Wildman–Crippen MR) is 128 cm³/mol. The van der Waals surface area contributed by atoms with E-state index in [4.69, 9.17) is 4.74 Å². The Morgan fingerprint density at radius 2 is 2.00 bits per heavy atom. The van der Waals surface area contributed by atoms with Gasteiger partial charge in [0, 0.05) is 35.8 Å². The van der Waals surface area contributed by atoms with Gasteiger partial charge in [0.25, 0.3) is 0 Å². The summed E-state index contributed by atoms with van der Waals surface area (Å²) in [7, 11) is 2.06. The van der Waals surface area contributed by atoms with E-state index >= 15 is 0 Å². The molecule has 4 aromatic rings. The van der Waals surface area contributed by atoms with E-state index < -0.39 is 0 Å². The third-order valence-corrected chi connectivity index (χ3v) is 6.32. The number of hydrogen-bond donors (Lipinski definition) is 1. The average Bonchev–Trinajstić information content (AvgIpc) is 2.82. The van der Waals surface area contributed by atoms with Gasteiger partial charge in [0.2, 0.25) is 5.91 Å². The quantitative estimate of drug-likeness (QED) is 0.459. The van der Waals surface area contributed by atoms with Crippen molar-refractivity contribution in [1.29, 1.82) is 0 Å². The number of aromatic nitrogens is 2. The Bertz CT molecular complexity index is 1290. The lowest BCUT2D eigenvalue weighted by Crippen LogP contribution is -2.20. The number of amides is 1. The van der Waals surface area contributed by atoms with Crippen LogP contribution in [0.1, 0.15) is 11.4 Å². The number of hydrogen-bond acceptors (Lipinski definition) is 6. The molecule has 1 amide bonds. The lowest BCUT2D eigenvalue weighted by Gasteiger charge is -2.23. The molecule has 0 fully saturated rings. The molecule has 0 spiro atoms. The first-order valence-electron chi connectivity index (χ1n) is 10.3. The molecule has 7 heteroatoms. The van der Waals surface area contributed by atoms with E-state index in [-0.39, 0.29) is 5.91 Å². The highest BCUT2D eigenvalue weighted by Crippen LogP contribution is 2.34. The fourth-order valence-electron chi connectivity index (χ4n) is 3.63. The lowest BCUT2D eigenvalue weighted by atomic mass is 10.2. The predicted octanol–water partition coefficient (Wildman–Crippen LogP) is 4.89. The summed E-state index contributed by atoms with van der Waals surface area (Å²) in [5.74, 6) is 1.95. The minimum absolute atomic E-state index is 0.0505. The topological polar surface area (TPSA) is 67.3 Å². The van der Waals surface area contributed by atoms with Crippen molar-refractivity contribution in [2.45, 2.75) is 18.0 Å². The van der Waals surface area contributed by atoms with Crippen LogP contribution in [-0.4, -0.2) is 28.7 Å². The van der Waals surface area contributed by atoms with Gasteiger partial charge in [0.1, 0.15) is 12.4 Å². The average molecular weight is 443 g/mol. The number of para-hydroxylation sites is 1. The SMILES string of the molecule is CN(Cc1cccc(OCc2ncc3ccccc3n2)c1)c1ccc2c(c1)SCC(=O)N2. The number of carbonyl (C=O) groups is 1. The van der Waals surface area contributed by atoms with Gasteiger partial charge in [-0.3, -0.25) is 4.79 Å². The van der Waals surface area contributed by atoms with Crippen molar-refractivity contribution < 1.29 is 9.53 Å². The number of anilines is 2. The molecule has 1 aliphatic rings. The standard InChI is InChI=1S/C25H22N4O2S/c1-29(19-9-10-22-23(12-19)32-16-25(30)28-22)14-17-5-4-7-20(11-17)31-15-24-26-13-18-6-2-3-8-21(18)27-24/h2-13H,14-16H2,1H3,(H,28,30). The van der Waals surface area contributed by atoms with E-state index in [1.54, 1.807) is 11.8 Å². The number of fused-ring (bicyclic) bond motifs is 2. The molecule has 6 nitrogen and oxygen atoms in total. The summed E-state index contributed by atoms with van der Waals surface area (Å²) >= 11 is 1.57. The van der Waals surface area contributed by atoms with E-state index in [9.17, 15) is 4.79 Å². The van der Waals surface area contributed by atoms with Crippen LogP contribution in [0.2, 0.25) is 0 Å². The summed E-state index contributed by atoms with van der Waals surface area (Å²) in [6.07, 6.45) is 1.83. The molecule has 32 heavy (non-hydrogen) atoms. The molecule has 3 aromatic carbocycles. The molecule has 2 heterocycles. The second kappa shape index (κ2) is 8.88. The first-order chi connectivity index (χ1) is 15.6. The first kappa shape index (κ1) is 20.3. The third-order valence-electron chi connectivity index (χ3n) is 5.26. The Hall–Kier alpha value is -3.58. The van der Waals surface area contributed by atoms with E-state index in [0.29, 0.717) is 18.2 Å². The lowest BCUT2D eigenvalue weighted by molar-refractivity contribution is -0.113. The second-order valence-electron chi connectivity index (χ2n) is 7.65. The number of benzene rings is 3. The van der Waals surface area contributed by atoms with Crippen LogP contribution in [0.3, 0.4) is 0 Å². The zero-order valence-corrected chi connectivity index (χ0v) is 18.4. The molecule has 0 saturated heterocycles. The summed E-state index contributed by atoms with van der Waals surface area (Å²) < 4.78 is 5.97. The van der Waals surface area contributed by atoms with Crippen LogP contribution < -0.4 is 15.0 Å². The number of thioether (sulfide) groups is 1. The van der Waals surface area contributed by atoms with Crippen molar-refractivity contribution in [1.82, 2.24) is 9.97 Å². The zero-order chi connectivity index (χ0) is 21.9. The molecule has 1 aromatic heterocycles. The van der Waals surface area contributed by atoms with E-state index in [0.717, 1.165) is 45.0 Å². The van der Waals surface area contributed by atoms with Gasteiger partial charge in [-0.25, -0.2) is 9.97 Å². The van der Waals surface area contributed by atoms with Gasteiger partial charge < -0.3 is 15.0 Å². The molecule has 160 valence electrons. The Balaban J connectivity index is 1.25. The third kappa shape index (κ3) is 4.53. The highest BCUT2D eigenvalue weighted by atomic mass is 32.2. The van der Waals surface area contributed by atoms with Crippen LogP contribution in [0.15, 0.2) is 77.8 Å². The molecular formula is C25H22N4O2S. The van der Waals surface area contributed by atoms with Crippen LogP contribution in [0.5, 0.6) is 5.75 Å². The van der Waals surface area contributed by atoms with Crippen molar-refractivity contribution in [3.8, 4) is 5.75 Å². The highest BCUT2D eigenvalue weighted by Gasteiger charge is 2.16. The van der Waals surface area contributed by atoms with E-state index in [1.165, 1.54) is 0 Å².